The fourth-order valence-corrected chi connectivity index (χ4v) is 9.69. The van der Waals surface area contributed by atoms with Crippen LogP contribution in [-0.4, -0.2) is 23.1 Å². The second-order valence-electron chi connectivity index (χ2n) is 30.0. The molecule has 4 nitrogen and oxygen atoms in total. The van der Waals surface area contributed by atoms with E-state index in [4.69, 9.17) is 0 Å². The first-order valence-electron chi connectivity index (χ1n) is 25.4. The van der Waals surface area contributed by atoms with Crippen LogP contribution in [0.15, 0.2) is 0 Å². The Hall–Kier alpha value is -1.32. The highest BCUT2D eigenvalue weighted by molar-refractivity contribution is 5.86. The molecule has 0 aliphatic heterocycles. The number of carbonyl (C=O) groups excluding carboxylic acids is 4. The van der Waals surface area contributed by atoms with Crippen LogP contribution < -0.4 is 0 Å². The maximum absolute atomic E-state index is 12.4. The van der Waals surface area contributed by atoms with Crippen LogP contribution in [0.25, 0.3) is 0 Å². The Labute approximate surface area is 398 Å². The van der Waals surface area contributed by atoms with Gasteiger partial charge < -0.3 is 0 Å². The standard InChI is InChI=1S/C16H32O.C15H30O.2C14H28O/c1-12(2)14(17)9-13(10-15(3,4)5)11-16(6,7)8;1-11(2)9-15(8,10-14(5,6)7)13(16)12(3)4;1-10(2)12(15)11(14(6,7)8)9-13(3,4)5;1-10(2)11(15)9-12(13(3,4)5)14(6,7)8/h12-13H,9-11H2,1-8H3;11-12H,9-10H2,1-8H3;10-11H,9H2,1-8H3;10,12H,9H2,1-8H3. The molecule has 0 amide bonds. The highest BCUT2D eigenvalue weighted by Crippen LogP contribution is 2.43. The van der Waals surface area contributed by atoms with Gasteiger partial charge in [-0.05, 0) is 87.8 Å². The molecule has 0 aromatic rings. The summed E-state index contributed by atoms with van der Waals surface area (Å²) in [5.74, 6) is 4.02. The molecular formula is C59H118O4. The van der Waals surface area contributed by atoms with E-state index in [1.165, 1.54) is 0 Å². The Morgan fingerprint density at radius 2 is 0.698 bits per heavy atom. The van der Waals surface area contributed by atoms with Crippen LogP contribution in [0.1, 0.15) is 267 Å². The fraction of sp³-hybridized carbons (Fsp3) is 0.932. The maximum Gasteiger partial charge on any atom is 0.141 e. The normalized spacial score (nSPS) is 14.8. The molecule has 0 spiro atoms. The quantitative estimate of drug-likeness (QED) is 0.155. The molecule has 0 rings (SSSR count). The minimum atomic E-state index is -0.152. The first-order valence-corrected chi connectivity index (χ1v) is 25.4. The van der Waals surface area contributed by atoms with Crippen LogP contribution in [-0.2, 0) is 19.2 Å². The molecule has 63 heavy (non-hydrogen) atoms. The molecule has 0 bridgehead atoms. The number of hydrogen-bond donors (Lipinski definition) is 0. The lowest BCUT2D eigenvalue weighted by Crippen LogP contribution is -2.36. The number of Topliss-reactive ketones (excluding diaryl/α,β-unsaturated/α-hetero) is 4. The summed E-state index contributed by atoms with van der Waals surface area (Å²) in [6.07, 6.45) is 6.71. The van der Waals surface area contributed by atoms with Crippen molar-refractivity contribution >= 4 is 23.1 Å². The maximum atomic E-state index is 12.4. The van der Waals surface area contributed by atoms with E-state index in [1.807, 2.05) is 55.4 Å². The Morgan fingerprint density at radius 1 is 0.365 bits per heavy atom. The predicted molar refractivity (Wildman–Crippen MR) is 281 cm³/mol. The van der Waals surface area contributed by atoms with Crippen molar-refractivity contribution in [3.8, 4) is 0 Å². The highest BCUT2D eigenvalue weighted by atomic mass is 16.1. The predicted octanol–water partition coefficient (Wildman–Crippen LogP) is 18.4. The van der Waals surface area contributed by atoms with Gasteiger partial charge in [-0.2, -0.15) is 0 Å². The van der Waals surface area contributed by atoms with E-state index in [0.717, 1.165) is 38.5 Å². The lowest BCUT2D eigenvalue weighted by molar-refractivity contribution is -0.134. The lowest BCUT2D eigenvalue weighted by atomic mass is 9.64. The van der Waals surface area contributed by atoms with E-state index < -0.39 is 0 Å². The summed E-state index contributed by atoms with van der Waals surface area (Å²) in [6, 6.07) is 0. The van der Waals surface area contributed by atoms with Crippen molar-refractivity contribution in [2.24, 2.45) is 90.7 Å². The number of carbonyl (C=O) groups is 4. The molecule has 0 aliphatic carbocycles. The zero-order valence-electron chi connectivity index (χ0n) is 49.2. The minimum Gasteiger partial charge on any atom is -0.299 e. The Morgan fingerprint density at radius 3 is 0.921 bits per heavy atom. The van der Waals surface area contributed by atoms with Crippen molar-refractivity contribution < 1.29 is 19.2 Å². The van der Waals surface area contributed by atoms with Crippen molar-refractivity contribution in [2.45, 2.75) is 267 Å². The minimum absolute atomic E-state index is 0.0780. The van der Waals surface area contributed by atoms with Gasteiger partial charge in [0.2, 0.25) is 0 Å². The monoisotopic (exact) mass is 891 g/mol. The van der Waals surface area contributed by atoms with Crippen molar-refractivity contribution in [2.75, 3.05) is 0 Å². The molecule has 0 heterocycles. The second kappa shape index (κ2) is 26.9. The van der Waals surface area contributed by atoms with Crippen LogP contribution in [0, 0.1) is 90.7 Å². The van der Waals surface area contributed by atoms with Crippen LogP contribution >= 0.6 is 0 Å². The van der Waals surface area contributed by atoms with Crippen molar-refractivity contribution in [1.29, 1.82) is 0 Å². The summed E-state index contributed by atoms with van der Waals surface area (Å²) in [5.41, 5.74) is 1.39. The number of hydrogen-bond acceptors (Lipinski definition) is 4. The second-order valence-corrected chi connectivity index (χ2v) is 30.0. The van der Waals surface area contributed by atoms with Crippen molar-refractivity contribution in [3.63, 3.8) is 0 Å². The van der Waals surface area contributed by atoms with Gasteiger partial charge in [0.25, 0.3) is 0 Å². The third kappa shape index (κ3) is 35.5. The van der Waals surface area contributed by atoms with Gasteiger partial charge in [-0.1, -0.05) is 222 Å². The van der Waals surface area contributed by atoms with Gasteiger partial charge in [0.15, 0.2) is 0 Å². The average Bonchev–Trinajstić information content (AvgIpc) is 2.97. The molecule has 378 valence electrons. The Kier molecular flexibility index (Phi) is 29.1. The number of rotatable bonds is 16. The molecule has 0 aromatic carbocycles. The van der Waals surface area contributed by atoms with Crippen LogP contribution in [0.5, 0.6) is 0 Å². The Balaban J connectivity index is -0.000000369. The summed E-state index contributed by atoms with van der Waals surface area (Å²) in [5, 5.41) is 0. The molecular weight excluding hydrogens is 773 g/mol. The smallest absolute Gasteiger partial charge is 0.141 e. The average molecular weight is 892 g/mol. The molecule has 0 fully saturated rings. The molecule has 0 saturated heterocycles. The molecule has 0 saturated carbocycles. The van der Waals surface area contributed by atoms with E-state index in [2.05, 4.69) is 166 Å². The zero-order chi connectivity index (χ0) is 51.9. The summed E-state index contributed by atoms with van der Waals surface area (Å²) in [4.78, 5) is 48.3. The molecule has 0 aliphatic rings. The molecule has 2 atom stereocenters. The first kappa shape index (κ1) is 68.3. The Bertz CT molecular complexity index is 1280. The fourth-order valence-electron chi connectivity index (χ4n) is 9.69. The third-order valence-electron chi connectivity index (χ3n) is 11.7. The van der Waals surface area contributed by atoms with E-state index in [-0.39, 0.29) is 62.1 Å². The molecule has 0 radical (unpaired) electrons. The largest absolute Gasteiger partial charge is 0.299 e. The van der Waals surface area contributed by atoms with Gasteiger partial charge >= 0.3 is 0 Å². The summed E-state index contributed by atoms with van der Waals surface area (Å²) < 4.78 is 0. The summed E-state index contributed by atoms with van der Waals surface area (Å²) in [6.45, 7) is 69.4. The zero-order valence-corrected chi connectivity index (χ0v) is 49.2. The number of ketones is 4. The van der Waals surface area contributed by atoms with Crippen LogP contribution in [0.2, 0.25) is 0 Å². The van der Waals surface area contributed by atoms with Gasteiger partial charge in [-0.3, -0.25) is 19.2 Å². The summed E-state index contributed by atoms with van der Waals surface area (Å²) in [7, 11) is 0. The van der Waals surface area contributed by atoms with E-state index in [9.17, 15) is 19.2 Å². The molecule has 2 unspecified atom stereocenters. The molecule has 0 aromatic heterocycles. The summed E-state index contributed by atoms with van der Waals surface area (Å²) >= 11 is 0. The van der Waals surface area contributed by atoms with Gasteiger partial charge in [0, 0.05) is 47.8 Å². The molecule has 0 N–H and O–H groups in total. The van der Waals surface area contributed by atoms with Gasteiger partial charge in [0.1, 0.15) is 23.1 Å². The van der Waals surface area contributed by atoms with Gasteiger partial charge in [-0.25, -0.2) is 0 Å². The van der Waals surface area contributed by atoms with Crippen molar-refractivity contribution in [1.82, 2.24) is 0 Å². The van der Waals surface area contributed by atoms with Gasteiger partial charge in [0.05, 0.1) is 0 Å². The SMILES string of the molecule is CC(C)C(=O)C(CC(C)(C)C)C(C)(C)C.CC(C)C(=O)CC(C(C)(C)C)C(C)(C)C.CC(C)C(=O)CC(CC(C)(C)C)CC(C)(C)C.CC(C)CC(C)(CC(C)(C)C)C(=O)C(C)C. The topological polar surface area (TPSA) is 68.3 Å². The molecule has 4 heteroatoms. The van der Waals surface area contributed by atoms with Crippen molar-refractivity contribution in [3.05, 3.63) is 0 Å². The lowest BCUT2D eigenvalue weighted by Gasteiger charge is -2.40. The van der Waals surface area contributed by atoms with E-state index >= 15 is 0 Å². The van der Waals surface area contributed by atoms with E-state index in [0.29, 0.717) is 58.1 Å². The van der Waals surface area contributed by atoms with Crippen LogP contribution in [0.4, 0.5) is 0 Å². The van der Waals surface area contributed by atoms with Crippen LogP contribution in [0.3, 0.4) is 0 Å². The third-order valence-corrected chi connectivity index (χ3v) is 11.7. The van der Waals surface area contributed by atoms with E-state index in [1.54, 1.807) is 0 Å². The first-order chi connectivity index (χ1) is 27.3. The van der Waals surface area contributed by atoms with Gasteiger partial charge in [-0.15, -0.1) is 0 Å². The highest BCUT2D eigenvalue weighted by Gasteiger charge is 2.39.